The van der Waals surface area contributed by atoms with Gasteiger partial charge in [-0.2, -0.15) is 30.9 Å². The van der Waals surface area contributed by atoms with Crippen LogP contribution in [-0.4, -0.2) is 12.4 Å². The molecule has 0 aliphatic carbocycles. The average molecular weight is 427 g/mol. The quantitative estimate of drug-likeness (QED) is 0.401. The number of hydrogen-bond donors (Lipinski definition) is 0. The Kier molecular flexibility index (Phi) is 4.52. The van der Waals surface area contributed by atoms with Gasteiger partial charge >= 0.3 is 18.0 Å². The molecule has 0 aromatic heterocycles. The van der Waals surface area contributed by atoms with Crippen LogP contribution in [0.25, 0.3) is 0 Å². The van der Waals surface area contributed by atoms with E-state index in [2.05, 4.69) is 0 Å². The molecule has 0 atom stereocenters. The van der Waals surface area contributed by atoms with E-state index >= 15 is 0 Å². The first-order chi connectivity index (χ1) is 13.6. The Bertz CT molecular complexity index is 961. The lowest BCUT2D eigenvalue weighted by molar-refractivity contribution is -0.361. The number of rotatable bonds is 2. The Hall–Kier alpha value is -2.37. The van der Waals surface area contributed by atoms with Crippen LogP contribution in [0.3, 0.4) is 0 Å². The van der Waals surface area contributed by atoms with Gasteiger partial charge in [0.2, 0.25) is 7.49 Å². The summed E-state index contributed by atoms with van der Waals surface area (Å²) < 4.78 is 90.2. The van der Waals surface area contributed by atoms with Crippen LogP contribution in [0.4, 0.5) is 26.3 Å². The molecule has 4 rings (SSSR count). The van der Waals surface area contributed by atoms with Crippen LogP contribution < -0.4 is 15.9 Å². The van der Waals surface area contributed by atoms with Crippen LogP contribution in [-0.2, 0) is 10.1 Å². The fourth-order valence-electron chi connectivity index (χ4n) is 3.73. The van der Waals surface area contributed by atoms with Crippen LogP contribution in [0.15, 0.2) is 84.9 Å². The smallest absolute Gasteiger partial charge is 0.191 e. The molecule has 0 radical (unpaired) electrons. The molecule has 8 heteroatoms. The maximum Gasteiger partial charge on any atom is 0.435 e. The van der Waals surface area contributed by atoms with Crippen LogP contribution in [0, 0.1) is 0 Å². The SMILES string of the molecule is FC(F)(F)C1(C(F)(F)F)O[P+](c2ccccc2)(c2ccccc2)c2ccccc21. The van der Waals surface area contributed by atoms with E-state index in [4.69, 9.17) is 4.52 Å². The molecule has 1 aliphatic rings. The summed E-state index contributed by atoms with van der Waals surface area (Å²) in [4.78, 5) is 0. The Morgan fingerprint density at radius 2 is 1.00 bits per heavy atom. The van der Waals surface area contributed by atoms with E-state index in [9.17, 15) is 26.3 Å². The predicted molar refractivity (Wildman–Crippen MR) is 100 cm³/mol. The Labute approximate surface area is 163 Å². The van der Waals surface area contributed by atoms with Crippen molar-refractivity contribution in [2.45, 2.75) is 18.0 Å². The molecule has 0 spiro atoms. The molecule has 0 saturated carbocycles. The van der Waals surface area contributed by atoms with Crippen LogP contribution in [0.2, 0.25) is 0 Å². The van der Waals surface area contributed by atoms with Gasteiger partial charge in [0.25, 0.3) is 0 Å². The molecule has 1 nitrogen and oxygen atoms in total. The van der Waals surface area contributed by atoms with Crippen LogP contribution in [0.1, 0.15) is 5.56 Å². The number of benzene rings is 3. The summed E-state index contributed by atoms with van der Waals surface area (Å²) in [5.41, 5.74) is -5.31. The lowest BCUT2D eigenvalue weighted by atomic mass is 9.92. The average Bonchev–Trinajstić information content (AvgIpc) is 3.03. The van der Waals surface area contributed by atoms with Crippen molar-refractivity contribution in [1.29, 1.82) is 0 Å². The Morgan fingerprint density at radius 3 is 1.45 bits per heavy atom. The fourth-order valence-corrected chi connectivity index (χ4v) is 7.66. The number of fused-ring (bicyclic) bond motifs is 1. The molecule has 0 amide bonds. The van der Waals surface area contributed by atoms with E-state index in [1.165, 1.54) is 42.5 Å². The molecule has 0 N–H and O–H groups in total. The zero-order chi connectivity index (χ0) is 20.9. The summed E-state index contributed by atoms with van der Waals surface area (Å²) in [7, 11) is -3.70. The second-order valence-electron chi connectivity index (χ2n) is 6.57. The zero-order valence-electron chi connectivity index (χ0n) is 14.7. The van der Waals surface area contributed by atoms with Gasteiger partial charge in [0.15, 0.2) is 0 Å². The van der Waals surface area contributed by atoms with Gasteiger partial charge in [-0.15, -0.1) is 0 Å². The fraction of sp³-hybridized carbons (Fsp3) is 0.143. The van der Waals surface area contributed by atoms with Gasteiger partial charge in [0.1, 0.15) is 15.9 Å². The third-order valence-electron chi connectivity index (χ3n) is 4.93. The minimum absolute atomic E-state index is 0.0768. The first-order valence-corrected chi connectivity index (χ1v) is 10.3. The monoisotopic (exact) mass is 427 g/mol. The normalized spacial score (nSPS) is 17.7. The lowest BCUT2D eigenvalue weighted by Crippen LogP contribution is -2.54. The number of halogens is 6. The van der Waals surface area contributed by atoms with Gasteiger partial charge in [-0.25, -0.2) is 0 Å². The van der Waals surface area contributed by atoms with E-state index in [-0.39, 0.29) is 15.9 Å². The highest BCUT2D eigenvalue weighted by Crippen LogP contribution is 2.72. The Balaban J connectivity index is 2.15. The van der Waals surface area contributed by atoms with E-state index in [1.54, 1.807) is 36.4 Å². The van der Waals surface area contributed by atoms with Crippen molar-refractivity contribution in [3.05, 3.63) is 90.5 Å². The second kappa shape index (κ2) is 6.57. The molecule has 3 aromatic carbocycles. The molecule has 0 bridgehead atoms. The van der Waals surface area contributed by atoms with Crippen LogP contribution in [0.5, 0.6) is 0 Å². The first-order valence-electron chi connectivity index (χ1n) is 8.59. The van der Waals surface area contributed by atoms with Crippen molar-refractivity contribution in [2.24, 2.45) is 0 Å². The maximum atomic E-state index is 14.1. The third kappa shape index (κ3) is 2.71. The highest BCUT2D eigenvalue weighted by atomic mass is 31.2. The van der Waals surface area contributed by atoms with E-state index in [0.717, 1.165) is 6.07 Å². The van der Waals surface area contributed by atoms with Crippen molar-refractivity contribution in [3.63, 3.8) is 0 Å². The maximum absolute atomic E-state index is 14.1. The molecular formula is C21H14F6OP+. The summed E-state index contributed by atoms with van der Waals surface area (Å²) in [6, 6.07) is 20.4. The zero-order valence-corrected chi connectivity index (χ0v) is 15.6. The summed E-state index contributed by atoms with van der Waals surface area (Å²) in [6.07, 6.45) is -11.4. The van der Waals surface area contributed by atoms with Crippen molar-refractivity contribution < 1.29 is 30.9 Å². The highest BCUT2D eigenvalue weighted by molar-refractivity contribution is 7.92. The topological polar surface area (TPSA) is 9.23 Å². The van der Waals surface area contributed by atoms with Gasteiger partial charge < -0.3 is 0 Å². The third-order valence-corrected chi connectivity index (χ3v) is 8.60. The van der Waals surface area contributed by atoms with E-state index < -0.39 is 31.0 Å². The van der Waals surface area contributed by atoms with E-state index in [1.807, 2.05) is 0 Å². The lowest BCUT2D eigenvalue weighted by Gasteiger charge is -2.32. The molecule has 3 aromatic rings. The molecule has 29 heavy (non-hydrogen) atoms. The minimum Gasteiger partial charge on any atom is -0.191 e. The van der Waals surface area contributed by atoms with E-state index in [0.29, 0.717) is 0 Å². The molecule has 1 heterocycles. The largest absolute Gasteiger partial charge is 0.435 e. The molecule has 150 valence electrons. The predicted octanol–water partition coefficient (Wildman–Crippen LogP) is 5.25. The molecular weight excluding hydrogens is 413 g/mol. The van der Waals surface area contributed by atoms with Crippen molar-refractivity contribution >= 4 is 23.4 Å². The van der Waals surface area contributed by atoms with Gasteiger partial charge in [0, 0.05) is 0 Å². The first kappa shape index (κ1) is 19.9. The van der Waals surface area contributed by atoms with Crippen molar-refractivity contribution in [1.82, 2.24) is 0 Å². The summed E-state index contributed by atoms with van der Waals surface area (Å²) >= 11 is 0. The summed E-state index contributed by atoms with van der Waals surface area (Å²) in [6.45, 7) is 0. The molecule has 0 fully saturated rings. The summed E-state index contributed by atoms with van der Waals surface area (Å²) in [5.74, 6) is 0. The van der Waals surface area contributed by atoms with Gasteiger partial charge in [0.05, 0.1) is 5.56 Å². The van der Waals surface area contributed by atoms with Crippen LogP contribution >= 0.6 is 7.49 Å². The van der Waals surface area contributed by atoms with Gasteiger partial charge in [-0.05, 0) is 30.3 Å². The standard InChI is InChI=1S/C21H14F6OP/c22-20(23,24)19(21(25,26)27)17-13-7-8-14-18(17)29(28-19,15-9-3-1-4-10-15)16-11-5-2-6-12-16/h1-14H/q+1. The minimum atomic E-state index is -5.70. The second-order valence-corrected chi connectivity index (χ2v) is 9.48. The van der Waals surface area contributed by atoms with Crippen molar-refractivity contribution in [3.8, 4) is 0 Å². The highest BCUT2D eigenvalue weighted by Gasteiger charge is 2.83. The summed E-state index contributed by atoms with van der Waals surface area (Å²) in [5, 5.41) is 0.495. The molecule has 1 aliphatic heterocycles. The van der Waals surface area contributed by atoms with Gasteiger partial charge in [-0.3, -0.25) is 0 Å². The van der Waals surface area contributed by atoms with Gasteiger partial charge in [-0.1, -0.05) is 54.6 Å². The van der Waals surface area contributed by atoms with Crippen molar-refractivity contribution in [2.75, 3.05) is 0 Å². The number of alkyl halides is 6. The number of hydrogen-bond acceptors (Lipinski definition) is 1. The Morgan fingerprint density at radius 1 is 0.586 bits per heavy atom. The molecule has 0 saturated heterocycles. The molecule has 0 unspecified atom stereocenters.